The highest BCUT2D eigenvalue weighted by Gasteiger charge is 2.21. The van der Waals surface area contributed by atoms with Crippen molar-refractivity contribution >= 4 is 10.0 Å². The summed E-state index contributed by atoms with van der Waals surface area (Å²) in [6.45, 7) is 2.41. The lowest BCUT2D eigenvalue weighted by Crippen LogP contribution is -2.35. The van der Waals surface area contributed by atoms with Crippen molar-refractivity contribution in [2.75, 3.05) is 18.8 Å². The molecule has 1 rings (SSSR count). The third-order valence-electron chi connectivity index (χ3n) is 2.07. The summed E-state index contributed by atoms with van der Waals surface area (Å²) in [4.78, 5) is 0. The average Bonchev–Trinajstić information content (AvgIpc) is 2.18. The Hall–Kier alpha value is -0.860. The van der Waals surface area contributed by atoms with Gasteiger partial charge in [-0.1, -0.05) is 6.08 Å². The molecule has 0 spiro atoms. The van der Waals surface area contributed by atoms with E-state index in [0.29, 0.717) is 25.1 Å². The molecule has 0 aromatic carbocycles. The molecule has 0 fully saturated rings. The molecule has 0 aromatic rings. The molecule has 0 amide bonds. The van der Waals surface area contributed by atoms with E-state index in [-0.39, 0.29) is 5.75 Å². The molecule has 0 bridgehead atoms. The van der Waals surface area contributed by atoms with E-state index in [9.17, 15) is 8.42 Å². The Labute approximate surface area is 78.5 Å². The number of sulfonamides is 1. The van der Waals surface area contributed by atoms with Crippen molar-refractivity contribution in [2.45, 2.75) is 13.3 Å². The summed E-state index contributed by atoms with van der Waals surface area (Å²) in [6.07, 6.45) is 2.21. The molecule has 4 nitrogen and oxygen atoms in total. The molecule has 0 radical (unpaired) electrons. The van der Waals surface area contributed by atoms with Gasteiger partial charge in [0.15, 0.2) is 0 Å². The topological polar surface area (TPSA) is 61.2 Å². The summed E-state index contributed by atoms with van der Waals surface area (Å²) >= 11 is 0. The van der Waals surface area contributed by atoms with Gasteiger partial charge in [-0.2, -0.15) is 9.57 Å². The highest BCUT2D eigenvalue weighted by Crippen LogP contribution is 2.13. The molecule has 0 saturated carbocycles. The van der Waals surface area contributed by atoms with Crippen LogP contribution in [0, 0.1) is 11.3 Å². The SMILES string of the molecule is CCS(=O)(=O)N1CC=C(C#N)CC1. The van der Waals surface area contributed by atoms with Gasteiger partial charge in [0.1, 0.15) is 0 Å². The van der Waals surface area contributed by atoms with Gasteiger partial charge in [-0.3, -0.25) is 0 Å². The normalized spacial score (nSPS) is 19.2. The fourth-order valence-corrected chi connectivity index (χ4v) is 2.22. The summed E-state index contributed by atoms with van der Waals surface area (Å²) in [5, 5.41) is 8.55. The Morgan fingerprint density at radius 2 is 2.38 bits per heavy atom. The van der Waals surface area contributed by atoms with Gasteiger partial charge in [-0.05, 0) is 13.3 Å². The number of nitrogens with zero attached hydrogens (tertiary/aromatic N) is 2. The van der Waals surface area contributed by atoms with Crippen LogP contribution in [-0.2, 0) is 10.0 Å². The molecular formula is C8H12N2O2S. The number of hydrogen-bond acceptors (Lipinski definition) is 3. The third-order valence-corrected chi connectivity index (χ3v) is 3.92. The van der Waals surface area contributed by atoms with Crippen LogP contribution in [0.4, 0.5) is 0 Å². The highest BCUT2D eigenvalue weighted by atomic mass is 32.2. The number of nitriles is 1. The van der Waals surface area contributed by atoms with Crippen LogP contribution in [-0.4, -0.2) is 31.6 Å². The zero-order valence-corrected chi connectivity index (χ0v) is 8.34. The van der Waals surface area contributed by atoms with Crippen molar-refractivity contribution in [3.8, 4) is 6.07 Å². The fraction of sp³-hybridized carbons (Fsp3) is 0.625. The monoisotopic (exact) mass is 200 g/mol. The molecule has 0 N–H and O–H groups in total. The van der Waals surface area contributed by atoms with Crippen LogP contribution < -0.4 is 0 Å². The zero-order chi connectivity index (χ0) is 9.90. The second kappa shape index (κ2) is 3.90. The van der Waals surface area contributed by atoms with Crippen LogP contribution in [0.3, 0.4) is 0 Å². The van der Waals surface area contributed by atoms with Crippen molar-refractivity contribution in [1.29, 1.82) is 5.26 Å². The minimum atomic E-state index is -3.07. The van der Waals surface area contributed by atoms with Crippen molar-refractivity contribution in [2.24, 2.45) is 0 Å². The van der Waals surface area contributed by atoms with E-state index in [1.165, 1.54) is 4.31 Å². The number of hydrogen-bond donors (Lipinski definition) is 0. The minimum Gasteiger partial charge on any atom is -0.212 e. The Balaban J connectivity index is 2.73. The van der Waals surface area contributed by atoms with Crippen molar-refractivity contribution < 1.29 is 8.42 Å². The molecule has 72 valence electrons. The minimum absolute atomic E-state index is 0.128. The van der Waals surface area contributed by atoms with Crippen LogP contribution in [0.1, 0.15) is 13.3 Å². The maximum absolute atomic E-state index is 11.4. The lowest BCUT2D eigenvalue weighted by atomic mass is 10.1. The van der Waals surface area contributed by atoms with E-state index in [1.54, 1.807) is 13.0 Å². The van der Waals surface area contributed by atoms with Crippen molar-refractivity contribution in [3.63, 3.8) is 0 Å². The molecule has 0 atom stereocenters. The lowest BCUT2D eigenvalue weighted by Gasteiger charge is -2.22. The first kappa shape index (κ1) is 10.2. The van der Waals surface area contributed by atoms with Gasteiger partial charge in [0.2, 0.25) is 10.0 Å². The summed E-state index contributed by atoms with van der Waals surface area (Å²) < 4.78 is 24.1. The first-order valence-corrected chi connectivity index (χ1v) is 5.78. The Morgan fingerprint density at radius 3 is 2.77 bits per heavy atom. The maximum Gasteiger partial charge on any atom is 0.214 e. The molecule has 5 heteroatoms. The first-order chi connectivity index (χ1) is 6.10. The highest BCUT2D eigenvalue weighted by molar-refractivity contribution is 7.89. The molecule has 1 aliphatic rings. The van der Waals surface area contributed by atoms with E-state index in [4.69, 9.17) is 5.26 Å². The van der Waals surface area contributed by atoms with Gasteiger partial charge in [0.25, 0.3) is 0 Å². The van der Waals surface area contributed by atoms with E-state index in [2.05, 4.69) is 0 Å². The Morgan fingerprint density at radius 1 is 1.69 bits per heavy atom. The largest absolute Gasteiger partial charge is 0.214 e. The van der Waals surface area contributed by atoms with Crippen LogP contribution >= 0.6 is 0 Å². The maximum atomic E-state index is 11.4. The standard InChI is InChI=1S/C8H12N2O2S/c1-2-13(11,12)10-5-3-8(7-9)4-6-10/h3H,2,4-6H2,1H3. The van der Waals surface area contributed by atoms with Gasteiger partial charge in [-0.25, -0.2) is 8.42 Å². The Bertz CT molecular complexity index is 351. The predicted octanol–water partition coefficient (Wildman–Crippen LogP) is 0.492. The van der Waals surface area contributed by atoms with Crippen LogP contribution in [0.25, 0.3) is 0 Å². The molecule has 0 saturated heterocycles. The first-order valence-electron chi connectivity index (χ1n) is 4.17. The lowest BCUT2D eigenvalue weighted by molar-refractivity contribution is 0.435. The van der Waals surface area contributed by atoms with Crippen molar-refractivity contribution in [3.05, 3.63) is 11.6 Å². The van der Waals surface area contributed by atoms with E-state index in [1.807, 2.05) is 6.07 Å². The predicted molar refractivity (Wildman–Crippen MR) is 49.3 cm³/mol. The van der Waals surface area contributed by atoms with Crippen LogP contribution in [0.2, 0.25) is 0 Å². The summed E-state index contributed by atoms with van der Waals surface area (Å²) in [6, 6.07) is 2.03. The van der Waals surface area contributed by atoms with Gasteiger partial charge < -0.3 is 0 Å². The smallest absolute Gasteiger partial charge is 0.212 e. The molecular weight excluding hydrogens is 188 g/mol. The fourth-order valence-electron chi connectivity index (χ4n) is 1.19. The molecule has 0 aromatic heterocycles. The summed E-state index contributed by atoms with van der Waals surface area (Å²) in [5.41, 5.74) is 0.683. The summed E-state index contributed by atoms with van der Waals surface area (Å²) in [7, 11) is -3.07. The van der Waals surface area contributed by atoms with E-state index < -0.39 is 10.0 Å². The quantitative estimate of drug-likeness (QED) is 0.651. The van der Waals surface area contributed by atoms with Crippen molar-refractivity contribution in [1.82, 2.24) is 4.31 Å². The molecule has 1 aliphatic heterocycles. The van der Waals surface area contributed by atoms with Gasteiger partial charge in [0.05, 0.1) is 11.8 Å². The molecule has 13 heavy (non-hydrogen) atoms. The zero-order valence-electron chi connectivity index (χ0n) is 7.52. The average molecular weight is 200 g/mol. The van der Waals surface area contributed by atoms with E-state index >= 15 is 0 Å². The van der Waals surface area contributed by atoms with Gasteiger partial charge >= 0.3 is 0 Å². The van der Waals surface area contributed by atoms with Gasteiger partial charge in [-0.15, -0.1) is 0 Å². The summed E-state index contributed by atoms with van der Waals surface area (Å²) in [5.74, 6) is 0.128. The van der Waals surface area contributed by atoms with E-state index in [0.717, 1.165) is 0 Å². The second-order valence-corrected chi connectivity index (χ2v) is 5.11. The molecule has 0 aliphatic carbocycles. The van der Waals surface area contributed by atoms with Gasteiger partial charge in [0, 0.05) is 18.7 Å². The van der Waals surface area contributed by atoms with Crippen LogP contribution in [0.5, 0.6) is 0 Å². The Kier molecular flexibility index (Phi) is 3.07. The van der Waals surface area contributed by atoms with Crippen LogP contribution in [0.15, 0.2) is 11.6 Å². The molecule has 1 heterocycles. The third kappa shape index (κ3) is 2.29. The second-order valence-electron chi connectivity index (χ2n) is 2.85. The number of rotatable bonds is 2. The molecule has 0 unspecified atom stereocenters.